The molecular weight excluding hydrogens is 358 g/mol. The summed E-state index contributed by atoms with van der Waals surface area (Å²) in [6.07, 6.45) is 2.44. The molecule has 1 fully saturated rings. The summed E-state index contributed by atoms with van der Waals surface area (Å²) in [7, 11) is -3.48. The lowest BCUT2D eigenvalue weighted by atomic mass is 10.1. The van der Waals surface area contributed by atoms with Crippen molar-refractivity contribution in [2.24, 2.45) is 5.92 Å². The van der Waals surface area contributed by atoms with Crippen molar-refractivity contribution in [3.8, 4) is 5.75 Å². The van der Waals surface area contributed by atoms with Crippen molar-refractivity contribution in [2.75, 3.05) is 32.2 Å². The van der Waals surface area contributed by atoms with E-state index < -0.39 is 10.0 Å². The highest BCUT2D eigenvalue weighted by Crippen LogP contribution is 2.30. The number of hydrogen-bond donors (Lipinski definition) is 1. The molecule has 1 aromatic rings. The number of nitrogens with one attached hydrogen (secondary N) is 1. The molecule has 146 valence electrons. The minimum Gasteiger partial charge on any atom is -0.493 e. The molecule has 0 saturated heterocycles. The van der Waals surface area contributed by atoms with Crippen molar-refractivity contribution in [3.05, 3.63) is 29.8 Å². The van der Waals surface area contributed by atoms with E-state index >= 15 is 0 Å². The average molecular weight is 385 g/mol. The Morgan fingerprint density at radius 1 is 1.27 bits per heavy atom. The van der Waals surface area contributed by atoms with E-state index in [-0.39, 0.29) is 37.6 Å². The second-order valence-electron chi connectivity index (χ2n) is 6.44. The van der Waals surface area contributed by atoms with E-state index in [9.17, 15) is 13.2 Å². The summed E-state index contributed by atoms with van der Waals surface area (Å²) in [5, 5.41) is 0. The Hall–Kier alpha value is -1.64. The Morgan fingerprint density at radius 2 is 2.04 bits per heavy atom. The molecule has 1 unspecified atom stereocenters. The van der Waals surface area contributed by atoms with Gasteiger partial charge in [0.1, 0.15) is 12.4 Å². The van der Waals surface area contributed by atoms with Gasteiger partial charge in [-0.15, -0.1) is 0 Å². The molecule has 0 aliphatic heterocycles. The van der Waals surface area contributed by atoms with Gasteiger partial charge in [-0.25, -0.2) is 13.1 Å². The SMILES string of the molecule is CC(=O)OCCOCCS(=O)(=O)NC(C)c1cccc(OCC2CC2)c1. The predicted molar refractivity (Wildman–Crippen MR) is 97.5 cm³/mol. The van der Waals surface area contributed by atoms with Crippen LogP contribution in [0.2, 0.25) is 0 Å². The Labute approximate surface area is 155 Å². The van der Waals surface area contributed by atoms with Gasteiger partial charge in [-0.05, 0) is 43.4 Å². The summed E-state index contributed by atoms with van der Waals surface area (Å²) in [4.78, 5) is 10.6. The van der Waals surface area contributed by atoms with Crippen LogP contribution in [0.25, 0.3) is 0 Å². The zero-order valence-corrected chi connectivity index (χ0v) is 16.1. The standard InChI is InChI=1S/C18H27NO6S/c1-14(17-4-3-5-18(12-17)25-13-16-6-7-16)19-26(21,22)11-10-23-8-9-24-15(2)20/h3-5,12,14,16,19H,6-11,13H2,1-2H3. The minimum absolute atomic E-state index is 0.0356. The molecule has 1 aromatic carbocycles. The van der Waals surface area contributed by atoms with E-state index in [1.807, 2.05) is 24.3 Å². The van der Waals surface area contributed by atoms with E-state index in [0.717, 1.165) is 11.3 Å². The average Bonchev–Trinajstić information content (AvgIpc) is 3.40. The van der Waals surface area contributed by atoms with Crippen LogP contribution in [0.3, 0.4) is 0 Å². The third-order valence-electron chi connectivity index (χ3n) is 3.93. The Kier molecular flexibility index (Phi) is 7.86. The van der Waals surface area contributed by atoms with Gasteiger partial charge in [-0.2, -0.15) is 0 Å². The lowest BCUT2D eigenvalue weighted by Crippen LogP contribution is -2.31. The van der Waals surface area contributed by atoms with Gasteiger partial charge in [0.15, 0.2) is 0 Å². The maximum Gasteiger partial charge on any atom is 0.302 e. The molecule has 1 saturated carbocycles. The largest absolute Gasteiger partial charge is 0.493 e. The van der Waals surface area contributed by atoms with E-state index in [1.165, 1.54) is 19.8 Å². The third-order valence-corrected chi connectivity index (χ3v) is 5.34. The van der Waals surface area contributed by atoms with Gasteiger partial charge in [0, 0.05) is 13.0 Å². The summed E-state index contributed by atoms with van der Waals surface area (Å²) in [5.74, 6) is 0.875. The highest BCUT2D eigenvalue weighted by Gasteiger charge is 2.22. The highest BCUT2D eigenvalue weighted by molar-refractivity contribution is 7.89. The van der Waals surface area contributed by atoms with Gasteiger partial charge in [-0.3, -0.25) is 4.79 Å². The Morgan fingerprint density at radius 3 is 2.73 bits per heavy atom. The molecular formula is C18H27NO6S. The van der Waals surface area contributed by atoms with Gasteiger partial charge in [0.2, 0.25) is 10.0 Å². The smallest absolute Gasteiger partial charge is 0.302 e. The Bertz CT molecular complexity index is 687. The molecule has 0 aromatic heterocycles. The van der Waals surface area contributed by atoms with Crippen molar-refractivity contribution in [1.82, 2.24) is 4.72 Å². The summed E-state index contributed by atoms with van der Waals surface area (Å²) in [5.41, 5.74) is 0.845. The lowest BCUT2D eigenvalue weighted by Gasteiger charge is -2.16. The molecule has 2 rings (SSSR count). The van der Waals surface area contributed by atoms with Crippen LogP contribution in [-0.2, 0) is 24.3 Å². The van der Waals surface area contributed by atoms with Gasteiger partial charge < -0.3 is 14.2 Å². The fourth-order valence-corrected chi connectivity index (χ4v) is 3.41. The second kappa shape index (κ2) is 9.89. The van der Waals surface area contributed by atoms with Crippen LogP contribution in [0, 0.1) is 5.92 Å². The number of benzene rings is 1. The first kappa shape index (κ1) is 20.7. The Balaban J connectivity index is 1.74. The van der Waals surface area contributed by atoms with Crippen LogP contribution >= 0.6 is 0 Å². The van der Waals surface area contributed by atoms with Crippen LogP contribution < -0.4 is 9.46 Å². The van der Waals surface area contributed by atoms with Gasteiger partial charge in [0.05, 0.1) is 25.6 Å². The fraction of sp³-hybridized carbons (Fsp3) is 0.611. The number of carbonyl (C=O) groups is 1. The zero-order valence-electron chi connectivity index (χ0n) is 15.3. The molecule has 0 heterocycles. The van der Waals surface area contributed by atoms with Crippen LogP contribution in [0.5, 0.6) is 5.75 Å². The highest BCUT2D eigenvalue weighted by atomic mass is 32.2. The topological polar surface area (TPSA) is 90.9 Å². The second-order valence-corrected chi connectivity index (χ2v) is 8.31. The molecule has 1 aliphatic rings. The molecule has 1 atom stereocenters. The zero-order chi connectivity index (χ0) is 19.0. The van der Waals surface area contributed by atoms with Gasteiger partial charge in [-0.1, -0.05) is 12.1 Å². The first-order valence-corrected chi connectivity index (χ1v) is 10.4. The number of sulfonamides is 1. The third kappa shape index (κ3) is 8.16. The number of ether oxygens (including phenoxy) is 3. The van der Waals surface area contributed by atoms with E-state index in [0.29, 0.717) is 12.5 Å². The molecule has 0 bridgehead atoms. The maximum atomic E-state index is 12.2. The number of carbonyl (C=O) groups excluding carboxylic acids is 1. The summed E-state index contributed by atoms with van der Waals surface area (Å²) < 4.78 is 42.6. The summed E-state index contributed by atoms with van der Waals surface area (Å²) in [6.45, 7) is 4.14. The van der Waals surface area contributed by atoms with Crippen molar-refractivity contribution < 1.29 is 27.4 Å². The quantitative estimate of drug-likeness (QED) is 0.437. The van der Waals surface area contributed by atoms with Crippen molar-refractivity contribution >= 4 is 16.0 Å². The molecule has 0 amide bonds. The molecule has 26 heavy (non-hydrogen) atoms. The van der Waals surface area contributed by atoms with Gasteiger partial charge >= 0.3 is 5.97 Å². The summed E-state index contributed by atoms with van der Waals surface area (Å²) in [6, 6.07) is 7.10. The maximum absolute atomic E-state index is 12.2. The number of esters is 1. The van der Waals surface area contributed by atoms with Crippen LogP contribution in [0.1, 0.15) is 38.3 Å². The molecule has 8 heteroatoms. The van der Waals surface area contributed by atoms with Crippen molar-refractivity contribution in [1.29, 1.82) is 0 Å². The first-order valence-electron chi connectivity index (χ1n) is 8.79. The van der Waals surface area contributed by atoms with Crippen LogP contribution in [-0.4, -0.2) is 46.6 Å². The number of rotatable bonds is 12. The van der Waals surface area contributed by atoms with Crippen molar-refractivity contribution in [3.63, 3.8) is 0 Å². The number of hydrogen-bond acceptors (Lipinski definition) is 6. The van der Waals surface area contributed by atoms with Crippen molar-refractivity contribution in [2.45, 2.75) is 32.7 Å². The van der Waals surface area contributed by atoms with E-state index in [1.54, 1.807) is 6.92 Å². The normalized spacial score (nSPS) is 15.5. The molecule has 7 nitrogen and oxygen atoms in total. The molecule has 1 N–H and O–H groups in total. The van der Waals surface area contributed by atoms with Gasteiger partial charge in [0.25, 0.3) is 0 Å². The minimum atomic E-state index is -3.48. The fourth-order valence-electron chi connectivity index (χ4n) is 2.28. The molecule has 1 aliphatic carbocycles. The lowest BCUT2D eigenvalue weighted by molar-refractivity contribution is -0.142. The van der Waals surface area contributed by atoms with Crippen LogP contribution in [0.15, 0.2) is 24.3 Å². The molecule has 0 spiro atoms. The monoisotopic (exact) mass is 385 g/mol. The van der Waals surface area contributed by atoms with Crippen LogP contribution in [0.4, 0.5) is 0 Å². The van der Waals surface area contributed by atoms with E-state index in [2.05, 4.69) is 4.72 Å². The first-order chi connectivity index (χ1) is 12.4. The molecule has 0 radical (unpaired) electrons. The summed E-state index contributed by atoms with van der Waals surface area (Å²) >= 11 is 0. The predicted octanol–water partition coefficient (Wildman–Crippen LogP) is 2.04. The van der Waals surface area contributed by atoms with E-state index in [4.69, 9.17) is 14.2 Å².